The van der Waals surface area contributed by atoms with Crippen LogP contribution in [-0.2, 0) is 0 Å². The van der Waals surface area contributed by atoms with Gasteiger partial charge in [-0.25, -0.2) is 4.39 Å². The molecule has 0 radical (unpaired) electrons. The van der Waals surface area contributed by atoms with Crippen LogP contribution in [0.5, 0.6) is 0 Å². The zero-order valence-corrected chi connectivity index (χ0v) is 9.15. The van der Waals surface area contributed by atoms with Crippen LogP contribution >= 0.6 is 11.6 Å². The fraction of sp³-hybridized carbons (Fsp3) is 0.455. The van der Waals surface area contributed by atoms with Gasteiger partial charge in [0.25, 0.3) is 0 Å². The molecular weight excluding hydrogens is 215 g/mol. The van der Waals surface area contributed by atoms with E-state index in [1.807, 2.05) is 0 Å². The molecule has 82 valence electrons. The maximum atomic E-state index is 13.0. The van der Waals surface area contributed by atoms with Crippen molar-refractivity contribution in [2.75, 3.05) is 11.1 Å². The van der Waals surface area contributed by atoms with Crippen molar-refractivity contribution >= 4 is 23.0 Å². The molecule has 15 heavy (non-hydrogen) atoms. The Hall–Kier alpha value is -0.960. The number of nitrogen functional groups attached to an aromatic ring is 1. The number of halogens is 2. The van der Waals surface area contributed by atoms with Gasteiger partial charge in [-0.15, -0.1) is 0 Å². The molecule has 0 atom stereocenters. The normalized spacial score (nSPS) is 16.9. The van der Waals surface area contributed by atoms with Gasteiger partial charge in [0.1, 0.15) is 5.82 Å². The maximum absolute atomic E-state index is 13.0. The van der Waals surface area contributed by atoms with Crippen molar-refractivity contribution in [2.45, 2.75) is 31.7 Å². The Bertz CT molecular complexity index is 362. The van der Waals surface area contributed by atoms with Crippen molar-refractivity contribution in [1.82, 2.24) is 0 Å². The molecule has 0 bridgehead atoms. The molecule has 2 nitrogen and oxygen atoms in total. The van der Waals surface area contributed by atoms with Crippen LogP contribution in [-0.4, -0.2) is 6.04 Å². The number of benzene rings is 1. The predicted octanol–water partition coefficient (Wildman–Crippen LogP) is 3.42. The third kappa shape index (κ3) is 2.34. The largest absolute Gasteiger partial charge is 0.397 e. The second kappa shape index (κ2) is 4.27. The summed E-state index contributed by atoms with van der Waals surface area (Å²) in [5.41, 5.74) is 6.87. The standard InChI is InChI=1S/C11H14ClFN2/c12-8-5-11(10(14)6-9(8)13)15-7-3-1-2-4-7/h5-7,15H,1-4,14H2. The average molecular weight is 229 g/mol. The highest BCUT2D eigenvalue weighted by Crippen LogP contribution is 2.29. The lowest BCUT2D eigenvalue weighted by Gasteiger charge is -2.15. The fourth-order valence-electron chi connectivity index (χ4n) is 1.98. The van der Waals surface area contributed by atoms with E-state index in [0.29, 0.717) is 11.7 Å². The first-order valence-electron chi connectivity index (χ1n) is 5.18. The molecule has 1 saturated carbocycles. The van der Waals surface area contributed by atoms with E-state index in [0.717, 1.165) is 18.5 Å². The molecule has 0 unspecified atom stereocenters. The van der Waals surface area contributed by atoms with Gasteiger partial charge in [-0.3, -0.25) is 0 Å². The first-order chi connectivity index (χ1) is 7.16. The minimum Gasteiger partial charge on any atom is -0.397 e. The average Bonchev–Trinajstić information content (AvgIpc) is 2.67. The van der Waals surface area contributed by atoms with Gasteiger partial charge in [-0.05, 0) is 18.9 Å². The maximum Gasteiger partial charge on any atom is 0.143 e. The van der Waals surface area contributed by atoms with Gasteiger partial charge in [0.15, 0.2) is 0 Å². The van der Waals surface area contributed by atoms with Gasteiger partial charge in [-0.2, -0.15) is 0 Å². The summed E-state index contributed by atoms with van der Waals surface area (Å²) in [6.07, 6.45) is 4.78. The Morgan fingerprint density at radius 3 is 2.67 bits per heavy atom. The Morgan fingerprint density at radius 1 is 1.33 bits per heavy atom. The van der Waals surface area contributed by atoms with Gasteiger partial charge in [0, 0.05) is 12.1 Å². The topological polar surface area (TPSA) is 38.0 Å². The van der Waals surface area contributed by atoms with Gasteiger partial charge in [0.2, 0.25) is 0 Å². The van der Waals surface area contributed by atoms with Gasteiger partial charge >= 0.3 is 0 Å². The van der Waals surface area contributed by atoms with Crippen LogP contribution in [0.3, 0.4) is 0 Å². The number of anilines is 2. The lowest BCUT2D eigenvalue weighted by atomic mass is 10.2. The van der Waals surface area contributed by atoms with E-state index in [-0.39, 0.29) is 5.02 Å². The molecule has 3 N–H and O–H groups in total. The first kappa shape index (κ1) is 10.6. The summed E-state index contributed by atoms with van der Waals surface area (Å²) < 4.78 is 13.0. The Morgan fingerprint density at radius 2 is 2.00 bits per heavy atom. The van der Waals surface area contributed by atoms with Crippen molar-refractivity contribution < 1.29 is 4.39 Å². The zero-order valence-electron chi connectivity index (χ0n) is 8.39. The third-order valence-corrected chi connectivity index (χ3v) is 3.10. The second-order valence-electron chi connectivity index (χ2n) is 3.98. The summed E-state index contributed by atoms with van der Waals surface area (Å²) in [4.78, 5) is 0. The van der Waals surface area contributed by atoms with Crippen LogP contribution in [0.15, 0.2) is 12.1 Å². The van der Waals surface area contributed by atoms with Gasteiger partial charge < -0.3 is 11.1 Å². The smallest absolute Gasteiger partial charge is 0.143 e. The highest BCUT2D eigenvalue weighted by atomic mass is 35.5. The summed E-state index contributed by atoms with van der Waals surface area (Å²) in [6, 6.07) is 3.28. The van der Waals surface area contributed by atoms with E-state index >= 15 is 0 Å². The Kier molecular flexibility index (Phi) is 3.00. The van der Waals surface area contributed by atoms with E-state index in [4.69, 9.17) is 17.3 Å². The summed E-state index contributed by atoms with van der Waals surface area (Å²) >= 11 is 5.70. The molecule has 1 aliphatic rings. The number of rotatable bonds is 2. The van der Waals surface area contributed by atoms with Crippen molar-refractivity contribution in [3.8, 4) is 0 Å². The number of nitrogens with two attached hydrogens (primary N) is 1. The van der Waals surface area contributed by atoms with Gasteiger partial charge in [0.05, 0.1) is 16.4 Å². The third-order valence-electron chi connectivity index (χ3n) is 2.81. The number of hydrogen-bond acceptors (Lipinski definition) is 2. The zero-order chi connectivity index (χ0) is 10.8. The molecule has 0 heterocycles. The first-order valence-corrected chi connectivity index (χ1v) is 5.55. The molecule has 1 fully saturated rings. The predicted molar refractivity (Wildman–Crippen MR) is 61.7 cm³/mol. The summed E-state index contributed by atoms with van der Waals surface area (Å²) in [5, 5.41) is 3.42. The van der Waals surface area contributed by atoms with Gasteiger partial charge in [-0.1, -0.05) is 24.4 Å². The van der Waals surface area contributed by atoms with Crippen molar-refractivity contribution in [3.63, 3.8) is 0 Å². The lowest BCUT2D eigenvalue weighted by Crippen LogP contribution is -2.15. The van der Waals surface area contributed by atoms with E-state index in [2.05, 4.69) is 5.32 Å². The Balaban J connectivity index is 2.16. The van der Waals surface area contributed by atoms with Crippen LogP contribution in [0.4, 0.5) is 15.8 Å². The van der Waals surface area contributed by atoms with Crippen molar-refractivity contribution in [1.29, 1.82) is 0 Å². The molecule has 0 amide bonds. The molecule has 1 aromatic rings. The van der Waals surface area contributed by atoms with Crippen LogP contribution in [0.25, 0.3) is 0 Å². The van der Waals surface area contributed by atoms with E-state index in [9.17, 15) is 4.39 Å². The molecule has 2 rings (SSSR count). The molecular formula is C11H14ClFN2. The second-order valence-corrected chi connectivity index (χ2v) is 4.39. The molecule has 1 aliphatic carbocycles. The highest BCUT2D eigenvalue weighted by molar-refractivity contribution is 6.31. The monoisotopic (exact) mass is 228 g/mol. The lowest BCUT2D eigenvalue weighted by molar-refractivity contribution is 0.629. The quantitative estimate of drug-likeness (QED) is 0.762. The van der Waals surface area contributed by atoms with E-state index in [1.165, 1.54) is 18.9 Å². The van der Waals surface area contributed by atoms with Crippen LogP contribution < -0.4 is 11.1 Å². The van der Waals surface area contributed by atoms with Crippen LogP contribution in [0.2, 0.25) is 5.02 Å². The highest BCUT2D eigenvalue weighted by Gasteiger charge is 2.16. The summed E-state index contributed by atoms with van der Waals surface area (Å²) in [6.45, 7) is 0. The van der Waals surface area contributed by atoms with Crippen molar-refractivity contribution in [2.24, 2.45) is 0 Å². The van der Waals surface area contributed by atoms with E-state index in [1.54, 1.807) is 6.07 Å². The molecule has 1 aromatic carbocycles. The summed E-state index contributed by atoms with van der Waals surface area (Å²) in [5.74, 6) is -0.467. The van der Waals surface area contributed by atoms with Crippen LogP contribution in [0, 0.1) is 5.82 Å². The van der Waals surface area contributed by atoms with E-state index < -0.39 is 5.82 Å². The fourth-order valence-corrected chi connectivity index (χ4v) is 2.14. The summed E-state index contributed by atoms with van der Waals surface area (Å²) in [7, 11) is 0. The molecule has 0 aromatic heterocycles. The number of nitrogens with one attached hydrogen (secondary N) is 1. The van der Waals surface area contributed by atoms with Crippen LogP contribution in [0.1, 0.15) is 25.7 Å². The molecule has 0 aliphatic heterocycles. The van der Waals surface area contributed by atoms with Crippen molar-refractivity contribution in [3.05, 3.63) is 23.0 Å². The molecule has 0 saturated heterocycles. The minimum absolute atomic E-state index is 0.115. The minimum atomic E-state index is -0.467. The molecule has 0 spiro atoms. The SMILES string of the molecule is Nc1cc(F)c(Cl)cc1NC1CCCC1. The molecule has 4 heteroatoms. The number of hydrogen-bond donors (Lipinski definition) is 2. The Labute approximate surface area is 93.6 Å².